The van der Waals surface area contributed by atoms with Crippen molar-refractivity contribution in [3.63, 3.8) is 0 Å². The molecule has 20 heavy (non-hydrogen) atoms. The molecule has 2 heterocycles. The van der Waals surface area contributed by atoms with Crippen LogP contribution in [0.2, 0.25) is 0 Å². The number of aromatic nitrogens is 1. The monoisotopic (exact) mass is 309 g/mol. The van der Waals surface area contributed by atoms with Crippen LogP contribution in [0.4, 0.5) is 23.3 Å². The summed E-state index contributed by atoms with van der Waals surface area (Å²) in [6.07, 6.45) is -3.10. The summed E-state index contributed by atoms with van der Waals surface area (Å²) in [5.74, 6) is -1.36. The van der Waals surface area contributed by atoms with Crippen molar-refractivity contribution in [1.82, 2.24) is 4.98 Å². The van der Waals surface area contributed by atoms with E-state index < -0.39 is 22.4 Å². The second-order valence-electron chi connectivity index (χ2n) is 5.53. The average molecular weight is 309 g/mol. The number of alkyl halides is 3. The summed E-state index contributed by atoms with van der Waals surface area (Å²) in [7, 11) is 0. The van der Waals surface area contributed by atoms with Crippen molar-refractivity contribution in [2.45, 2.75) is 26.4 Å². The lowest BCUT2D eigenvalue weighted by atomic mass is 9.73. The highest BCUT2D eigenvalue weighted by Gasteiger charge is 2.51. The predicted molar refractivity (Wildman–Crippen MR) is 68.9 cm³/mol. The van der Waals surface area contributed by atoms with Gasteiger partial charge in [-0.2, -0.15) is 13.2 Å². The molecule has 1 atom stereocenters. The third-order valence-electron chi connectivity index (χ3n) is 3.56. The lowest BCUT2D eigenvalue weighted by Crippen LogP contribution is -2.50. The minimum Gasteiger partial charge on any atom is -0.347 e. The van der Waals surface area contributed by atoms with Crippen LogP contribution in [-0.4, -0.2) is 29.2 Å². The average Bonchev–Trinajstić information content (AvgIpc) is 2.74. The maximum absolute atomic E-state index is 13.0. The molecule has 1 fully saturated rings. The Morgan fingerprint density at radius 2 is 2.20 bits per heavy atom. The van der Waals surface area contributed by atoms with E-state index in [2.05, 4.69) is 4.98 Å². The SMILES string of the molecule is CC1(C)CN(c2ncc([N+](=O)[O-])s2)CCC1C(F)(F)F. The van der Waals surface area contributed by atoms with Gasteiger partial charge in [-0.05, 0) is 23.2 Å². The highest BCUT2D eigenvalue weighted by atomic mass is 32.1. The molecule has 2 rings (SSSR count). The molecule has 112 valence electrons. The first-order chi connectivity index (χ1) is 9.11. The fourth-order valence-corrected chi connectivity index (χ4v) is 3.37. The topological polar surface area (TPSA) is 59.3 Å². The Morgan fingerprint density at radius 1 is 1.55 bits per heavy atom. The van der Waals surface area contributed by atoms with Gasteiger partial charge in [0.25, 0.3) is 0 Å². The van der Waals surface area contributed by atoms with Crippen LogP contribution in [-0.2, 0) is 0 Å². The summed E-state index contributed by atoms with van der Waals surface area (Å²) in [6.45, 7) is 3.53. The zero-order valence-electron chi connectivity index (χ0n) is 11.0. The molecule has 9 heteroatoms. The quantitative estimate of drug-likeness (QED) is 0.620. The fraction of sp³-hybridized carbons (Fsp3) is 0.727. The molecule has 0 saturated carbocycles. The van der Waals surface area contributed by atoms with Crippen molar-refractivity contribution in [3.8, 4) is 0 Å². The molecule has 1 aliphatic heterocycles. The second kappa shape index (κ2) is 4.87. The Labute approximate surface area is 117 Å². The van der Waals surface area contributed by atoms with Crippen molar-refractivity contribution in [2.24, 2.45) is 11.3 Å². The van der Waals surface area contributed by atoms with Gasteiger partial charge in [0, 0.05) is 13.1 Å². The van der Waals surface area contributed by atoms with Gasteiger partial charge in [-0.25, -0.2) is 4.98 Å². The zero-order chi connectivity index (χ0) is 15.1. The summed E-state index contributed by atoms with van der Waals surface area (Å²) in [5.41, 5.74) is -0.947. The third-order valence-corrected chi connectivity index (χ3v) is 4.57. The highest BCUT2D eigenvalue weighted by molar-refractivity contribution is 7.18. The minimum atomic E-state index is -4.22. The molecule has 1 unspecified atom stereocenters. The van der Waals surface area contributed by atoms with E-state index in [1.165, 1.54) is 0 Å². The van der Waals surface area contributed by atoms with Gasteiger partial charge >= 0.3 is 11.2 Å². The van der Waals surface area contributed by atoms with E-state index in [1.54, 1.807) is 18.7 Å². The maximum Gasteiger partial charge on any atom is 0.392 e. The van der Waals surface area contributed by atoms with E-state index in [1.807, 2.05) is 0 Å². The summed E-state index contributed by atoms with van der Waals surface area (Å²) < 4.78 is 38.9. The number of anilines is 1. The second-order valence-corrected chi connectivity index (χ2v) is 6.52. The molecule has 0 amide bonds. The molecule has 0 spiro atoms. The molecular formula is C11H14F3N3O2S. The lowest BCUT2D eigenvalue weighted by Gasteiger charge is -2.44. The van der Waals surface area contributed by atoms with Gasteiger partial charge in [0.1, 0.15) is 6.20 Å². The van der Waals surface area contributed by atoms with Crippen LogP contribution in [0.1, 0.15) is 20.3 Å². The van der Waals surface area contributed by atoms with Gasteiger partial charge in [0.2, 0.25) is 0 Å². The number of hydrogen-bond acceptors (Lipinski definition) is 5. The fourth-order valence-electron chi connectivity index (χ4n) is 2.61. The van der Waals surface area contributed by atoms with Crippen LogP contribution in [0.5, 0.6) is 0 Å². The maximum atomic E-state index is 13.0. The van der Waals surface area contributed by atoms with Crippen LogP contribution >= 0.6 is 11.3 Å². The standard InChI is InChI=1S/C11H14F3N3O2S/c1-10(2)6-16(4-3-7(10)11(12,13)14)9-15-5-8(20-9)17(18)19/h5,7H,3-4,6H2,1-2H3. The number of nitro groups is 1. The Morgan fingerprint density at radius 3 is 2.65 bits per heavy atom. The number of piperidine rings is 1. The van der Waals surface area contributed by atoms with E-state index in [-0.39, 0.29) is 24.5 Å². The summed E-state index contributed by atoms with van der Waals surface area (Å²) >= 11 is 0.891. The molecule has 0 aromatic carbocycles. The van der Waals surface area contributed by atoms with Crippen molar-refractivity contribution < 1.29 is 18.1 Å². The summed E-state index contributed by atoms with van der Waals surface area (Å²) in [4.78, 5) is 15.7. The van der Waals surface area contributed by atoms with Crippen LogP contribution < -0.4 is 4.90 Å². The molecule has 1 aromatic rings. The molecule has 0 N–H and O–H groups in total. The summed E-state index contributed by atoms with van der Waals surface area (Å²) in [6, 6.07) is 0. The Balaban J connectivity index is 2.16. The van der Waals surface area contributed by atoms with Crippen LogP contribution in [0.25, 0.3) is 0 Å². The molecule has 1 saturated heterocycles. The van der Waals surface area contributed by atoms with E-state index in [0.29, 0.717) is 5.13 Å². The van der Waals surface area contributed by atoms with E-state index in [9.17, 15) is 23.3 Å². The Bertz CT molecular complexity index is 515. The smallest absolute Gasteiger partial charge is 0.347 e. The molecule has 0 bridgehead atoms. The molecule has 1 aromatic heterocycles. The van der Waals surface area contributed by atoms with Gasteiger partial charge in [0.15, 0.2) is 5.13 Å². The summed E-state index contributed by atoms with van der Waals surface area (Å²) in [5, 5.41) is 10.9. The first-order valence-electron chi connectivity index (χ1n) is 6.03. The minimum absolute atomic E-state index is 0.0239. The van der Waals surface area contributed by atoms with Crippen LogP contribution in [0.15, 0.2) is 6.20 Å². The number of rotatable bonds is 2. The van der Waals surface area contributed by atoms with Crippen molar-refractivity contribution >= 4 is 21.5 Å². The number of hydrogen-bond donors (Lipinski definition) is 0. The Kier molecular flexibility index (Phi) is 3.66. The molecule has 0 aliphatic carbocycles. The lowest BCUT2D eigenvalue weighted by molar-refractivity contribution is -0.380. The predicted octanol–water partition coefficient (Wildman–Crippen LogP) is 3.47. The molecule has 0 radical (unpaired) electrons. The first kappa shape index (κ1) is 15.0. The first-order valence-corrected chi connectivity index (χ1v) is 6.85. The largest absolute Gasteiger partial charge is 0.392 e. The zero-order valence-corrected chi connectivity index (χ0v) is 11.8. The van der Waals surface area contributed by atoms with Gasteiger partial charge in [-0.15, -0.1) is 0 Å². The van der Waals surface area contributed by atoms with Gasteiger partial charge < -0.3 is 4.90 Å². The van der Waals surface area contributed by atoms with Crippen LogP contribution in [0, 0.1) is 21.4 Å². The Hall–Kier alpha value is -1.38. The normalized spacial score (nSPS) is 22.9. The number of thiazole rings is 1. The van der Waals surface area contributed by atoms with Crippen LogP contribution in [0.3, 0.4) is 0 Å². The molecule has 5 nitrogen and oxygen atoms in total. The van der Waals surface area contributed by atoms with Gasteiger partial charge in [0.05, 0.1) is 10.8 Å². The van der Waals surface area contributed by atoms with Gasteiger partial charge in [-0.1, -0.05) is 13.8 Å². The van der Waals surface area contributed by atoms with Crippen molar-refractivity contribution in [2.75, 3.05) is 18.0 Å². The third kappa shape index (κ3) is 2.87. The molecular weight excluding hydrogens is 295 g/mol. The van der Waals surface area contributed by atoms with E-state index in [4.69, 9.17) is 0 Å². The molecule has 1 aliphatic rings. The van der Waals surface area contributed by atoms with Crippen molar-refractivity contribution in [3.05, 3.63) is 16.3 Å². The van der Waals surface area contributed by atoms with E-state index in [0.717, 1.165) is 17.5 Å². The number of halogens is 3. The number of nitrogens with zero attached hydrogens (tertiary/aromatic N) is 3. The van der Waals surface area contributed by atoms with Gasteiger partial charge in [-0.3, -0.25) is 10.1 Å². The highest BCUT2D eigenvalue weighted by Crippen LogP contribution is 2.46. The van der Waals surface area contributed by atoms with E-state index >= 15 is 0 Å². The van der Waals surface area contributed by atoms with Crippen molar-refractivity contribution in [1.29, 1.82) is 0 Å².